The van der Waals surface area contributed by atoms with Crippen molar-refractivity contribution in [1.82, 2.24) is 19.8 Å². The Labute approximate surface area is 105 Å². The first-order valence-electron chi connectivity index (χ1n) is 5.96. The Balaban J connectivity index is 0.000000574. The van der Waals surface area contributed by atoms with E-state index >= 15 is 0 Å². The smallest absolute Gasteiger partial charge is 0.242 e. The molecule has 0 fully saturated rings. The molecule has 5 nitrogen and oxygen atoms in total. The Morgan fingerprint density at radius 3 is 2.61 bits per heavy atom. The molecule has 0 aliphatic carbocycles. The molecular weight excluding hydrogens is 228 g/mol. The van der Waals surface area contributed by atoms with Crippen LogP contribution in [0.1, 0.15) is 19.5 Å². The zero-order chi connectivity index (χ0) is 13.1. The summed E-state index contributed by atoms with van der Waals surface area (Å²) < 4.78 is 7.02. The summed E-state index contributed by atoms with van der Waals surface area (Å²) in [6.45, 7) is 5.89. The molecule has 0 aliphatic rings. The largest absolute Gasteiger partial charge is 0.479 e. The summed E-state index contributed by atoms with van der Waals surface area (Å²) in [5.74, 6) is 0.557. The van der Waals surface area contributed by atoms with E-state index in [1.165, 1.54) is 0 Å². The van der Waals surface area contributed by atoms with Gasteiger partial charge in [-0.2, -0.15) is 0 Å². The van der Waals surface area contributed by atoms with Crippen LogP contribution in [0.5, 0.6) is 5.88 Å². The zero-order valence-electron chi connectivity index (χ0n) is 11.0. The van der Waals surface area contributed by atoms with Crippen molar-refractivity contribution < 1.29 is 4.74 Å². The summed E-state index contributed by atoms with van der Waals surface area (Å²) in [6.07, 6.45) is 0. The second kappa shape index (κ2) is 5.00. The van der Waals surface area contributed by atoms with E-state index in [1.807, 2.05) is 45.0 Å². The highest BCUT2D eigenvalue weighted by molar-refractivity contribution is 5.80. The summed E-state index contributed by atoms with van der Waals surface area (Å²) in [7, 11) is 1.60. The number of aromatic nitrogens is 4. The maximum absolute atomic E-state index is 5.26. The van der Waals surface area contributed by atoms with Crippen LogP contribution in [0, 0.1) is 6.92 Å². The van der Waals surface area contributed by atoms with Crippen LogP contribution in [0.4, 0.5) is 0 Å². The third-order valence-corrected chi connectivity index (χ3v) is 2.57. The number of nitrogens with zero attached hydrogens (tertiary/aromatic N) is 4. The predicted molar refractivity (Wildman–Crippen MR) is 70.9 cm³/mol. The summed E-state index contributed by atoms with van der Waals surface area (Å²) in [6, 6.07) is 7.77. The molecule has 0 bridgehead atoms. The first kappa shape index (κ1) is 12.3. The van der Waals surface area contributed by atoms with Gasteiger partial charge < -0.3 is 4.74 Å². The average Bonchev–Trinajstić information content (AvgIpc) is 2.83. The molecule has 0 atom stereocenters. The van der Waals surface area contributed by atoms with Crippen LogP contribution in [0.25, 0.3) is 16.6 Å². The van der Waals surface area contributed by atoms with Gasteiger partial charge in [-0.25, -0.2) is 9.50 Å². The highest BCUT2D eigenvalue weighted by atomic mass is 16.5. The van der Waals surface area contributed by atoms with E-state index in [0.29, 0.717) is 5.88 Å². The molecule has 18 heavy (non-hydrogen) atoms. The van der Waals surface area contributed by atoms with E-state index in [9.17, 15) is 0 Å². The third-order valence-electron chi connectivity index (χ3n) is 2.57. The minimum Gasteiger partial charge on any atom is -0.479 e. The number of rotatable bonds is 1. The van der Waals surface area contributed by atoms with Crippen LogP contribution in [0.3, 0.4) is 0 Å². The van der Waals surface area contributed by atoms with E-state index in [-0.39, 0.29) is 0 Å². The maximum Gasteiger partial charge on any atom is 0.242 e. The van der Waals surface area contributed by atoms with Crippen molar-refractivity contribution >= 4 is 16.6 Å². The minimum absolute atomic E-state index is 0.557. The topological polar surface area (TPSA) is 52.3 Å². The van der Waals surface area contributed by atoms with E-state index in [4.69, 9.17) is 4.74 Å². The molecule has 0 unspecified atom stereocenters. The Hall–Kier alpha value is -2.17. The van der Waals surface area contributed by atoms with Gasteiger partial charge in [0.25, 0.3) is 0 Å². The van der Waals surface area contributed by atoms with Gasteiger partial charge in [-0.15, -0.1) is 5.10 Å². The summed E-state index contributed by atoms with van der Waals surface area (Å²) in [5.41, 5.74) is 3.41. The standard InChI is InChI=1S/C11H10N4O.C2H6/c1-7-10-11(16-2)12-8-5-3-4-6-9(8)15(10)14-13-7;1-2/h3-6H,1-2H3;1-2H3. The molecular formula is C13H16N4O. The number of para-hydroxylation sites is 2. The summed E-state index contributed by atoms with van der Waals surface area (Å²) in [4.78, 5) is 4.43. The molecule has 3 aromatic rings. The monoisotopic (exact) mass is 244 g/mol. The quantitative estimate of drug-likeness (QED) is 0.660. The van der Waals surface area contributed by atoms with Crippen LogP contribution < -0.4 is 4.74 Å². The Kier molecular flexibility index (Phi) is 3.41. The van der Waals surface area contributed by atoms with Gasteiger partial charge in [0.05, 0.1) is 23.8 Å². The number of hydrogen-bond donors (Lipinski definition) is 0. The number of benzene rings is 1. The fourth-order valence-electron chi connectivity index (χ4n) is 1.81. The van der Waals surface area contributed by atoms with Gasteiger partial charge in [0, 0.05) is 0 Å². The van der Waals surface area contributed by atoms with Gasteiger partial charge in [0.1, 0.15) is 0 Å². The molecule has 2 aromatic heterocycles. The van der Waals surface area contributed by atoms with Crippen LogP contribution in [-0.4, -0.2) is 26.9 Å². The van der Waals surface area contributed by atoms with Crippen LogP contribution in [-0.2, 0) is 0 Å². The molecule has 0 aliphatic heterocycles. The Morgan fingerprint density at radius 1 is 1.17 bits per heavy atom. The van der Waals surface area contributed by atoms with Gasteiger partial charge >= 0.3 is 0 Å². The number of fused-ring (bicyclic) bond motifs is 3. The molecule has 0 radical (unpaired) electrons. The number of methoxy groups -OCH3 is 1. The van der Waals surface area contributed by atoms with Crippen molar-refractivity contribution in [2.45, 2.75) is 20.8 Å². The highest BCUT2D eigenvalue weighted by Crippen LogP contribution is 2.23. The molecule has 0 spiro atoms. The molecule has 2 heterocycles. The van der Waals surface area contributed by atoms with Crippen LogP contribution in [0.2, 0.25) is 0 Å². The molecule has 0 amide bonds. The molecule has 0 N–H and O–H groups in total. The van der Waals surface area contributed by atoms with E-state index in [2.05, 4.69) is 15.3 Å². The van der Waals surface area contributed by atoms with Crippen molar-refractivity contribution in [1.29, 1.82) is 0 Å². The first-order valence-corrected chi connectivity index (χ1v) is 5.96. The average molecular weight is 244 g/mol. The van der Waals surface area contributed by atoms with Crippen LogP contribution >= 0.6 is 0 Å². The lowest BCUT2D eigenvalue weighted by molar-refractivity contribution is 0.402. The Morgan fingerprint density at radius 2 is 1.89 bits per heavy atom. The first-order chi connectivity index (χ1) is 8.81. The van der Waals surface area contributed by atoms with Gasteiger partial charge in [-0.05, 0) is 19.1 Å². The Bertz CT molecular complexity index is 675. The zero-order valence-corrected chi connectivity index (χ0v) is 11.0. The van der Waals surface area contributed by atoms with E-state index in [1.54, 1.807) is 11.6 Å². The maximum atomic E-state index is 5.26. The molecule has 94 valence electrons. The second-order valence-electron chi connectivity index (χ2n) is 3.55. The summed E-state index contributed by atoms with van der Waals surface area (Å²) in [5, 5.41) is 8.15. The lowest BCUT2D eigenvalue weighted by atomic mass is 10.3. The fraction of sp³-hybridized carbons (Fsp3) is 0.308. The minimum atomic E-state index is 0.557. The summed E-state index contributed by atoms with van der Waals surface area (Å²) >= 11 is 0. The van der Waals surface area contributed by atoms with Crippen molar-refractivity contribution in [2.24, 2.45) is 0 Å². The third kappa shape index (κ3) is 1.77. The number of aryl methyl sites for hydroxylation is 1. The highest BCUT2D eigenvalue weighted by Gasteiger charge is 2.12. The van der Waals surface area contributed by atoms with Crippen molar-refractivity contribution in [2.75, 3.05) is 7.11 Å². The molecule has 0 saturated heterocycles. The number of hydrogen-bond acceptors (Lipinski definition) is 4. The lowest BCUT2D eigenvalue weighted by Crippen LogP contribution is -1.97. The fourth-order valence-corrected chi connectivity index (χ4v) is 1.81. The SMILES string of the molecule is CC.COc1nc2ccccc2n2nnc(C)c12. The van der Waals surface area contributed by atoms with E-state index in [0.717, 1.165) is 22.2 Å². The van der Waals surface area contributed by atoms with Crippen molar-refractivity contribution in [3.05, 3.63) is 30.0 Å². The molecule has 1 aromatic carbocycles. The van der Waals surface area contributed by atoms with E-state index < -0.39 is 0 Å². The second-order valence-corrected chi connectivity index (χ2v) is 3.55. The molecule has 0 saturated carbocycles. The van der Waals surface area contributed by atoms with Crippen molar-refractivity contribution in [3.8, 4) is 5.88 Å². The van der Waals surface area contributed by atoms with Crippen molar-refractivity contribution in [3.63, 3.8) is 0 Å². The van der Waals surface area contributed by atoms with Gasteiger partial charge in [-0.1, -0.05) is 31.2 Å². The molecule has 3 rings (SSSR count). The van der Waals surface area contributed by atoms with Crippen LogP contribution in [0.15, 0.2) is 24.3 Å². The lowest BCUT2D eigenvalue weighted by Gasteiger charge is -2.05. The van der Waals surface area contributed by atoms with Gasteiger partial charge in [0.2, 0.25) is 5.88 Å². The normalized spacial score (nSPS) is 10.2. The molecule has 5 heteroatoms. The van der Waals surface area contributed by atoms with Gasteiger partial charge in [-0.3, -0.25) is 0 Å². The number of ether oxygens (including phenoxy) is 1. The predicted octanol–water partition coefficient (Wildman–Crippen LogP) is 2.62. The van der Waals surface area contributed by atoms with Gasteiger partial charge in [0.15, 0.2) is 5.52 Å².